The molecule has 5 heteroatoms. The van der Waals surface area contributed by atoms with Gasteiger partial charge < -0.3 is 14.8 Å². The van der Waals surface area contributed by atoms with Crippen LogP contribution < -0.4 is 5.32 Å². The predicted octanol–water partition coefficient (Wildman–Crippen LogP) is 3.85. The number of carbonyl (C=O) groups is 1. The predicted molar refractivity (Wildman–Crippen MR) is 90.2 cm³/mol. The molecular formula is C17H23N3OS. The first-order valence-electron chi connectivity index (χ1n) is 8.00. The van der Waals surface area contributed by atoms with Gasteiger partial charge in [0.2, 0.25) is 0 Å². The zero-order valence-electron chi connectivity index (χ0n) is 13.2. The number of thiophene rings is 1. The Balaban J connectivity index is 1.88. The summed E-state index contributed by atoms with van der Waals surface area (Å²) in [6.45, 7) is 5.84. The van der Waals surface area contributed by atoms with Crippen molar-refractivity contribution in [3.63, 3.8) is 0 Å². The van der Waals surface area contributed by atoms with Gasteiger partial charge in [0, 0.05) is 35.9 Å². The van der Waals surface area contributed by atoms with E-state index >= 15 is 0 Å². The van der Waals surface area contributed by atoms with E-state index in [0.717, 1.165) is 25.9 Å². The van der Waals surface area contributed by atoms with Crippen LogP contribution in [0.3, 0.4) is 0 Å². The number of urea groups is 1. The summed E-state index contributed by atoms with van der Waals surface area (Å²) in [5.41, 5.74) is 1.20. The van der Waals surface area contributed by atoms with Gasteiger partial charge in [0.15, 0.2) is 0 Å². The topological polar surface area (TPSA) is 37.3 Å². The molecule has 3 heterocycles. The normalized spacial score (nSPS) is 17.6. The highest BCUT2D eigenvalue weighted by atomic mass is 32.1. The lowest BCUT2D eigenvalue weighted by atomic mass is 10.1. The summed E-state index contributed by atoms with van der Waals surface area (Å²) in [4.78, 5) is 16.0. The van der Waals surface area contributed by atoms with Crippen LogP contribution in [-0.2, 0) is 6.54 Å². The molecule has 0 aromatic carbocycles. The van der Waals surface area contributed by atoms with Gasteiger partial charge in [0.25, 0.3) is 0 Å². The number of fused-ring (bicyclic) bond motifs is 1. The summed E-state index contributed by atoms with van der Waals surface area (Å²) in [6.07, 6.45) is 4.04. The van der Waals surface area contributed by atoms with Gasteiger partial charge in [-0.15, -0.1) is 11.3 Å². The van der Waals surface area contributed by atoms with Gasteiger partial charge >= 0.3 is 6.03 Å². The van der Waals surface area contributed by atoms with E-state index in [1.165, 1.54) is 10.6 Å². The number of hydrogen-bond donors (Lipinski definition) is 1. The van der Waals surface area contributed by atoms with Gasteiger partial charge in [-0.05, 0) is 36.4 Å². The molecule has 0 unspecified atom stereocenters. The number of nitrogens with one attached hydrogen (secondary N) is 1. The lowest BCUT2D eigenvalue weighted by molar-refractivity contribution is 0.165. The molecule has 0 spiro atoms. The molecular weight excluding hydrogens is 294 g/mol. The third-order valence-electron chi connectivity index (χ3n) is 4.43. The molecule has 4 nitrogen and oxygen atoms in total. The van der Waals surface area contributed by atoms with E-state index in [4.69, 9.17) is 0 Å². The average molecular weight is 317 g/mol. The number of aromatic nitrogens is 1. The smallest absolute Gasteiger partial charge is 0.318 e. The first-order valence-corrected chi connectivity index (χ1v) is 8.88. The highest BCUT2D eigenvalue weighted by molar-refractivity contribution is 7.10. The first kappa shape index (κ1) is 15.2. The summed E-state index contributed by atoms with van der Waals surface area (Å²) in [5, 5.41) is 5.26. The van der Waals surface area contributed by atoms with Crippen molar-refractivity contribution >= 4 is 17.4 Å². The molecule has 2 aromatic heterocycles. The molecule has 0 aliphatic carbocycles. The second kappa shape index (κ2) is 6.57. The number of hydrogen-bond acceptors (Lipinski definition) is 2. The zero-order chi connectivity index (χ0) is 15.5. The fraction of sp³-hybridized carbons (Fsp3) is 0.471. The molecule has 0 radical (unpaired) electrons. The molecule has 0 fully saturated rings. The van der Waals surface area contributed by atoms with E-state index < -0.39 is 0 Å². The number of carbonyl (C=O) groups excluding carboxylic acids is 1. The van der Waals surface area contributed by atoms with Crippen LogP contribution in [0.2, 0.25) is 0 Å². The zero-order valence-corrected chi connectivity index (χ0v) is 14.0. The maximum absolute atomic E-state index is 12.8. The molecule has 1 atom stereocenters. The van der Waals surface area contributed by atoms with Gasteiger partial charge in [-0.3, -0.25) is 0 Å². The maximum atomic E-state index is 12.8. The van der Waals surface area contributed by atoms with Crippen LogP contribution in [-0.4, -0.2) is 28.1 Å². The summed E-state index contributed by atoms with van der Waals surface area (Å²) in [7, 11) is 0. The lowest BCUT2D eigenvalue weighted by Crippen LogP contribution is -2.49. The first-order chi connectivity index (χ1) is 10.7. The Bertz CT molecular complexity index is 616. The van der Waals surface area contributed by atoms with Crippen molar-refractivity contribution in [1.29, 1.82) is 0 Å². The SMILES string of the molecule is CCC(CC)NC(=O)N1CCn2cccc2[C@H]1c1cccs1. The second-order valence-corrected chi connectivity index (χ2v) is 6.68. The summed E-state index contributed by atoms with van der Waals surface area (Å²) in [5.74, 6) is 0. The Morgan fingerprint density at radius 3 is 2.82 bits per heavy atom. The number of amides is 2. The van der Waals surface area contributed by atoms with E-state index in [1.807, 2.05) is 4.90 Å². The Morgan fingerprint density at radius 1 is 1.32 bits per heavy atom. The van der Waals surface area contributed by atoms with E-state index in [0.29, 0.717) is 0 Å². The van der Waals surface area contributed by atoms with Crippen LogP contribution in [0, 0.1) is 0 Å². The monoisotopic (exact) mass is 317 g/mol. The van der Waals surface area contributed by atoms with Crippen molar-refractivity contribution in [3.05, 3.63) is 46.4 Å². The molecule has 2 aromatic rings. The van der Waals surface area contributed by atoms with Crippen molar-refractivity contribution in [2.75, 3.05) is 6.54 Å². The van der Waals surface area contributed by atoms with Gasteiger partial charge in [-0.2, -0.15) is 0 Å². The van der Waals surface area contributed by atoms with Crippen LogP contribution in [0.15, 0.2) is 35.8 Å². The Labute approximate surface area is 135 Å². The summed E-state index contributed by atoms with van der Waals surface area (Å²) < 4.78 is 2.26. The Hall–Kier alpha value is -1.75. The standard InChI is InChI=1S/C17H23N3OS/c1-3-13(4-2)18-17(21)20-11-10-19-9-5-7-14(19)16(20)15-8-6-12-22-15/h5-9,12-13,16H,3-4,10-11H2,1-2H3,(H,18,21)/t16-/m0/s1. The van der Waals surface area contributed by atoms with Crippen LogP contribution in [0.5, 0.6) is 0 Å². The molecule has 2 amide bonds. The van der Waals surface area contributed by atoms with Gasteiger partial charge in [0.05, 0.1) is 0 Å². The van der Waals surface area contributed by atoms with E-state index in [1.54, 1.807) is 11.3 Å². The number of rotatable bonds is 4. The van der Waals surface area contributed by atoms with Crippen molar-refractivity contribution in [1.82, 2.24) is 14.8 Å². The van der Waals surface area contributed by atoms with Crippen LogP contribution >= 0.6 is 11.3 Å². The lowest BCUT2D eigenvalue weighted by Gasteiger charge is -2.37. The van der Waals surface area contributed by atoms with Crippen LogP contribution in [0.25, 0.3) is 0 Å². The minimum absolute atomic E-state index is 0.0260. The van der Waals surface area contributed by atoms with Crippen molar-refractivity contribution in [3.8, 4) is 0 Å². The van der Waals surface area contributed by atoms with Crippen molar-refractivity contribution in [2.24, 2.45) is 0 Å². The van der Waals surface area contributed by atoms with E-state index in [2.05, 4.69) is 59.6 Å². The molecule has 118 valence electrons. The van der Waals surface area contributed by atoms with Crippen molar-refractivity contribution < 1.29 is 4.79 Å². The molecule has 1 aliphatic rings. The van der Waals surface area contributed by atoms with E-state index in [9.17, 15) is 4.79 Å². The molecule has 1 aliphatic heterocycles. The van der Waals surface area contributed by atoms with Gasteiger partial charge in [0.1, 0.15) is 6.04 Å². The third kappa shape index (κ3) is 2.77. The minimum Gasteiger partial charge on any atom is -0.347 e. The Morgan fingerprint density at radius 2 is 2.14 bits per heavy atom. The molecule has 1 N–H and O–H groups in total. The van der Waals surface area contributed by atoms with Crippen LogP contribution in [0.4, 0.5) is 4.79 Å². The van der Waals surface area contributed by atoms with Gasteiger partial charge in [-0.25, -0.2) is 4.79 Å². The third-order valence-corrected chi connectivity index (χ3v) is 5.35. The molecule has 22 heavy (non-hydrogen) atoms. The average Bonchev–Trinajstić information content (AvgIpc) is 3.21. The van der Waals surface area contributed by atoms with Crippen molar-refractivity contribution in [2.45, 2.75) is 45.3 Å². The quantitative estimate of drug-likeness (QED) is 0.913. The fourth-order valence-electron chi connectivity index (χ4n) is 3.10. The maximum Gasteiger partial charge on any atom is 0.318 e. The number of nitrogens with zero attached hydrogens (tertiary/aromatic N) is 2. The molecule has 0 bridgehead atoms. The summed E-state index contributed by atoms with van der Waals surface area (Å²) in [6, 6.07) is 8.70. The van der Waals surface area contributed by atoms with E-state index in [-0.39, 0.29) is 18.1 Å². The summed E-state index contributed by atoms with van der Waals surface area (Å²) >= 11 is 1.71. The molecule has 0 saturated heterocycles. The Kier molecular flexibility index (Phi) is 4.52. The largest absolute Gasteiger partial charge is 0.347 e. The molecule has 3 rings (SSSR count). The highest BCUT2D eigenvalue weighted by Gasteiger charge is 2.33. The second-order valence-electron chi connectivity index (χ2n) is 5.70. The highest BCUT2D eigenvalue weighted by Crippen LogP contribution is 2.34. The van der Waals surface area contributed by atoms with Gasteiger partial charge in [-0.1, -0.05) is 19.9 Å². The fourth-order valence-corrected chi connectivity index (χ4v) is 3.95. The van der Waals surface area contributed by atoms with Crippen LogP contribution in [0.1, 0.15) is 43.3 Å². The molecule has 0 saturated carbocycles. The minimum atomic E-state index is 0.0260.